The highest BCUT2D eigenvalue weighted by Crippen LogP contribution is 2.27. The van der Waals surface area contributed by atoms with Crippen LogP contribution in [-0.2, 0) is 9.53 Å². The number of rotatable bonds is 5. The van der Waals surface area contributed by atoms with Crippen LogP contribution >= 0.6 is 0 Å². The lowest BCUT2D eigenvalue weighted by Crippen LogP contribution is -2.27. The van der Waals surface area contributed by atoms with E-state index in [1.807, 2.05) is 6.07 Å². The average Bonchev–Trinajstić information content (AvgIpc) is 2.58. The zero-order valence-corrected chi connectivity index (χ0v) is 15.3. The van der Waals surface area contributed by atoms with Gasteiger partial charge in [0.15, 0.2) is 0 Å². The molecule has 0 spiro atoms. The minimum Gasteiger partial charge on any atom is -0.507 e. The first-order valence-corrected chi connectivity index (χ1v) is 8.13. The normalized spacial score (nSPS) is 11.8. The van der Waals surface area contributed by atoms with Gasteiger partial charge in [0, 0.05) is 6.07 Å². The van der Waals surface area contributed by atoms with Crippen molar-refractivity contribution in [3.8, 4) is 11.5 Å². The topological polar surface area (TPSA) is 72.8 Å². The molecule has 2 rings (SSSR count). The Morgan fingerprint density at radius 3 is 2.23 bits per heavy atom. The molecule has 0 aromatic heterocycles. The first-order chi connectivity index (χ1) is 12.2. The van der Waals surface area contributed by atoms with Crippen molar-refractivity contribution in [3.63, 3.8) is 0 Å². The van der Waals surface area contributed by atoms with Crippen LogP contribution in [0.3, 0.4) is 0 Å². The number of hydrogen-bond acceptors (Lipinski definition) is 5. The SMILES string of the molecule is COc1ccc(C(=O)/C(=C\c2ccccc2)C(=O)OC(C)(C)C)c(O)c1. The van der Waals surface area contributed by atoms with Crippen LogP contribution < -0.4 is 4.74 Å². The minimum absolute atomic E-state index is 0.00107. The summed E-state index contributed by atoms with van der Waals surface area (Å²) in [6.07, 6.45) is 1.46. The second-order valence-electron chi connectivity index (χ2n) is 6.68. The summed E-state index contributed by atoms with van der Waals surface area (Å²) in [4.78, 5) is 25.5. The lowest BCUT2D eigenvalue weighted by atomic mass is 9.99. The molecule has 0 atom stereocenters. The van der Waals surface area contributed by atoms with Gasteiger partial charge >= 0.3 is 5.97 Å². The molecule has 0 bridgehead atoms. The number of benzene rings is 2. The molecule has 5 heteroatoms. The molecule has 0 aliphatic heterocycles. The molecule has 0 unspecified atom stereocenters. The van der Waals surface area contributed by atoms with Gasteiger partial charge in [0.25, 0.3) is 0 Å². The smallest absolute Gasteiger partial charge is 0.342 e. The molecule has 136 valence electrons. The molecule has 2 aromatic carbocycles. The van der Waals surface area contributed by atoms with Gasteiger partial charge in [0.1, 0.15) is 22.7 Å². The van der Waals surface area contributed by atoms with Gasteiger partial charge in [0.2, 0.25) is 5.78 Å². The van der Waals surface area contributed by atoms with Crippen molar-refractivity contribution >= 4 is 17.8 Å². The molecule has 0 fully saturated rings. The van der Waals surface area contributed by atoms with E-state index in [2.05, 4.69) is 0 Å². The number of Topliss-reactive ketones (excluding diaryl/α,β-unsaturated/α-hetero) is 1. The van der Waals surface area contributed by atoms with Gasteiger partial charge in [-0.3, -0.25) is 4.79 Å². The van der Waals surface area contributed by atoms with Crippen LogP contribution in [0.5, 0.6) is 11.5 Å². The van der Waals surface area contributed by atoms with Gasteiger partial charge in [-0.15, -0.1) is 0 Å². The van der Waals surface area contributed by atoms with Gasteiger partial charge in [-0.05, 0) is 44.5 Å². The Hall–Kier alpha value is -3.08. The molecule has 0 aliphatic rings. The molecule has 0 amide bonds. The first-order valence-electron chi connectivity index (χ1n) is 8.13. The van der Waals surface area contributed by atoms with Crippen molar-refractivity contribution in [3.05, 3.63) is 65.2 Å². The summed E-state index contributed by atoms with van der Waals surface area (Å²) >= 11 is 0. The minimum atomic E-state index is -0.755. The second-order valence-corrected chi connectivity index (χ2v) is 6.68. The van der Waals surface area contributed by atoms with Crippen LogP contribution in [-0.4, -0.2) is 29.6 Å². The van der Waals surface area contributed by atoms with Crippen molar-refractivity contribution in [2.75, 3.05) is 7.11 Å². The van der Waals surface area contributed by atoms with Crippen LogP contribution in [0.25, 0.3) is 6.08 Å². The number of aromatic hydroxyl groups is 1. The molecule has 0 radical (unpaired) electrons. The Balaban J connectivity index is 2.48. The predicted octanol–water partition coefficient (Wildman–Crippen LogP) is 4.01. The number of phenols is 1. The van der Waals surface area contributed by atoms with Crippen molar-refractivity contribution in [1.82, 2.24) is 0 Å². The van der Waals surface area contributed by atoms with Gasteiger partial charge in [-0.25, -0.2) is 4.79 Å². The maximum atomic E-state index is 12.9. The first kappa shape index (κ1) is 19.2. The van der Waals surface area contributed by atoms with Gasteiger partial charge in [-0.1, -0.05) is 30.3 Å². The molecule has 0 heterocycles. The number of esters is 1. The molecule has 1 N–H and O–H groups in total. The number of hydrogen-bond donors (Lipinski definition) is 1. The van der Waals surface area contributed by atoms with Crippen LogP contribution in [0.4, 0.5) is 0 Å². The summed E-state index contributed by atoms with van der Waals surface area (Å²) < 4.78 is 10.4. The Kier molecular flexibility index (Phi) is 5.82. The summed E-state index contributed by atoms with van der Waals surface area (Å²) in [7, 11) is 1.46. The maximum absolute atomic E-state index is 12.9. The molecule has 2 aromatic rings. The Bertz CT molecular complexity index is 829. The second kappa shape index (κ2) is 7.87. The van der Waals surface area contributed by atoms with Crippen molar-refractivity contribution < 1.29 is 24.2 Å². The fraction of sp³-hybridized carbons (Fsp3) is 0.238. The average molecular weight is 354 g/mol. The highest BCUT2D eigenvalue weighted by Gasteiger charge is 2.27. The largest absolute Gasteiger partial charge is 0.507 e. The monoisotopic (exact) mass is 354 g/mol. The number of carbonyl (C=O) groups excluding carboxylic acids is 2. The van der Waals surface area contributed by atoms with Crippen LogP contribution in [0.15, 0.2) is 54.1 Å². The van der Waals surface area contributed by atoms with Gasteiger partial charge < -0.3 is 14.6 Å². The van der Waals surface area contributed by atoms with Gasteiger partial charge in [-0.2, -0.15) is 0 Å². The molecule has 0 saturated carbocycles. The van der Waals surface area contributed by atoms with Crippen LogP contribution in [0, 0.1) is 0 Å². The highest BCUT2D eigenvalue weighted by atomic mass is 16.6. The summed E-state index contributed by atoms with van der Waals surface area (Å²) in [5.74, 6) is -1.23. The number of ether oxygens (including phenoxy) is 2. The number of phenolic OH excluding ortho intramolecular Hbond substituents is 1. The van der Waals surface area contributed by atoms with E-state index in [9.17, 15) is 14.7 Å². The lowest BCUT2D eigenvalue weighted by molar-refractivity contribution is -0.149. The molecular weight excluding hydrogens is 332 g/mol. The predicted molar refractivity (Wildman–Crippen MR) is 99.3 cm³/mol. The van der Waals surface area contributed by atoms with E-state index >= 15 is 0 Å². The molecule has 0 aliphatic carbocycles. The van der Waals surface area contributed by atoms with Crippen LogP contribution in [0.1, 0.15) is 36.7 Å². The summed E-state index contributed by atoms with van der Waals surface area (Å²) in [6, 6.07) is 13.3. The van der Waals surface area contributed by atoms with Crippen molar-refractivity contribution in [2.24, 2.45) is 0 Å². The fourth-order valence-electron chi connectivity index (χ4n) is 2.24. The van der Waals surface area contributed by atoms with Crippen LogP contribution in [0.2, 0.25) is 0 Å². The van der Waals surface area contributed by atoms with E-state index in [-0.39, 0.29) is 16.9 Å². The maximum Gasteiger partial charge on any atom is 0.342 e. The van der Waals surface area contributed by atoms with E-state index < -0.39 is 17.4 Å². The van der Waals surface area contributed by atoms with E-state index in [4.69, 9.17) is 9.47 Å². The number of carbonyl (C=O) groups is 2. The summed E-state index contributed by atoms with van der Waals surface area (Å²) in [5, 5.41) is 10.1. The molecule has 26 heavy (non-hydrogen) atoms. The van der Waals surface area contributed by atoms with Gasteiger partial charge in [0.05, 0.1) is 12.7 Å². The van der Waals surface area contributed by atoms with E-state index in [1.165, 1.54) is 25.3 Å². The zero-order valence-electron chi connectivity index (χ0n) is 15.3. The van der Waals surface area contributed by atoms with Crippen molar-refractivity contribution in [1.29, 1.82) is 0 Å². The zero-order chi connectivity index (χ0) is 19.3. The Morgan fingerprint density at radius 1 is 1.04 bits per heavy atom. The van der Waals surface area contributed by atoms with E-state index in [0.29, 0.717) is 11.3 Å². The Morgan fingerprint density at radius 2 is 1.69 bits per heavy atom. The molecular formula is C21H22O5. The standard InChI is InChI=1S/C21H22O5/c1-21(2,3)26-20(24)17(12-14-8-6-5-7-9-14)19(23)16-11-10-15(25-4)13-18(16)22/h5-13,22H,1-4H3/b17-12+. The van der Waals surface area contributed by atoms with Crippen molar-refractivity contribution in [2.45, 2.75) is 26.4 Å². The summed E-state index contributed by atoms with van der Waals surface area (Å²) in [6.45, 7) is 5.17. The lowest BCUT2D eigenvalue weighted by Gasteiger charge is -2.20. The van der Waals surface area contributed by atoms with E-state index in [0.717, 1.165) is 0 Å². The number of ketones is 1. The summed E-state index contributed by atoms with van der Waals surface area (Å²) in [5.41, 5.74) is -0.241. The fourth-order valence-corrected chi connectivity index (χ4v) is 2.24. The molecule has 0 saturated heterocycles. The highest BCUT2D eigenvalue weighted by molar-refractivity contribution is 6.27. The number of methoxy groups -OCH3 is 1. The quantitative estimate of drug-likeness (QED) is 0.289. The third-order valence-corrected chi connectivity index (χ3v) is 3.42. The van der Waals surface area contributed by atoms with E-state index in [1.54, 1.807) is 51.1 Å². The molecule has 5 nitrogen and oxygen atoms in total. The Labute approximate surface area is 152 Å². The third-order valence-electron chi connectivity index (χ3n) is 3.42. The third kappa shape index (κ3) is 4.96.